The molecule has 0 aliphatic heterocycles. The minimum absolute atomic E-state index is 0.259. The molecule has 1 aliphatic rings. The Hall–Kier alpha value is -2.43. The molecule has 170 valence electrons. The lowest BCUT2D eigenvalue weighted by Gasteiger charge is -2.29. The van der Waals surface area contributed by atoms with Gasteiger partial charge in [-0.15, -0.1) is 0 Å². The third kappa shape index (κ3) is 6.30. The van der Waals surface area contributed by atoms with Crippen molar-refractivity contribution in [3.05, 3.63) is 89.6 Å². The Bertz CT molecular complexity index is 930. The van der Waals surface area contributed by atoms with Gasteiger partial charge in [0, 0.05) is 0 Å². The highest BCUT2D eigenvalue weighted by molar-refractivity contribution is 5.26. The van der Waals surface area contributed by atoms with E-state index in [1.807, 2.05) is 12.3 Å². The lowest BCUT2D eigenvalue weighted by molar-refractivity contribution is -0.905. The van der Waals surface area contributed by atoms with Crippen molar-refractivity contribution in [2.45, 2.75) is 51.2 Å². The lowest BCUT2D eigenvalue weighted by atomic mass is 9.77. The first-order chi connectivity index (χ1) is 15.6. The molecule has 4 rings (SSSR count). The fraction of sp³-hybridized carbons (Fsp3) is 0.464. The number of nitrogens with zero attached hydrogens (tertiary/aromatic N) is 2. The monoisotopic (exact) mass is 433 g/mol. The van der Waals surface area contributed by atoms with Crippen LogP contribution in [0.25, 0.3) is 0 Å². The summed E-state index contributed by atoms with van der Waals surface area (Å²) in [4.78, 5) is 4.78. The van der Waals surface area contributed by atoms with Gasteiger partial charge in [0.1, 0.15) is 13.1 Å². The number of hydrogen-bond donors (Lipinski definition) is 0. The van der Waals surface area contributed by atoms with E-state index in [1.54, 1.807) is 0 Å². The second kappa shape index (κ2) is 10.9. The zero-order valence-electron chi connectivity index (χ0n) is 19.6. The third-order valence-corrected chi connectivity index (χ3v) is 6.65. The molecule has 4 heteroatoms. The van der Waals surface area contributed by atoms with Crippen LogP contribution < -0.4 is 0 Å². The molecule has 1 aromatic heterocycles. The maximum absolute atomic E-state index is 6.40. The smallest absolute Gasteiger partial charge is 0.202 e. The molecule has 0 saturated heterocycles. The molecule has 1 fully saturated rings. The second-order valence-corrected chi connectivity index (χ2v) is 9.81. The molecule has 2 aromatic carbocycles. The molecule has 1 unspecified atom stereocenters. The minimum atomic E-state index is 0.259. The van der Waals surface area contributed by atoms with E-state index in [1.165, 1.54) is 43.2 Å². The van der Waals surface area contributed by atoms with Crippen LogP contribution in [0.15, 0.2) is 71.3 Å². The van der Waals surface area contributed by atoms with Gasteiger partial charge in [0.25, 0.3) is 0 Å². The van der Waals surface area contributed by atoms with Crippen LogP contribution in [0.1, 0.15) is 60.8 Å². The number of quaternary nitrogens is 1. The van der Waals surface area contributed by atoms with Crippen LogP contribution in [0.2, 0.25) is 0 Å². The molecule has 1 aliphatic carbocycles. The zero-order chi connectivity index (χ0) is 22.2. The molecule has 0 amide bonds. The molecule has 1 heterocycles. The van der Waals surface area contributed by atoms with Gasteiger partial charge in [0.2, 0.25) is 5.89 Å². The molecule has 0 bridgehead atoms. The standard InChI is InChI=1S/C28H37N2O2/c1-30(2,18-19-31-22-23-12-6-3-7-13-23)21-26-20-29-28(32-26)27(24-14-8-4-9-15-24)25-16-10-5-11-17-25/h3-4,6-9,12-15,20,25,27H,5,10-11,16-19,21-22H2,1-2H3/q+1. The summed E-state index contributed by atoms with van der Waals surface area (Å²) in [5.41, 5.74) is 2.54. The van der Waals surface area contributed by atoms with Crippen molar-refractivity contribution >= 4 is 0 Å². The first-order valence-corrected chi connectivity index (χ1v) is 12.0. The van der Waals surface area contributed by atoms with E-state index < -0.39 is 0 Å². The van der Waals surface area contributed by atoms with Crippen molar-refractivity contribution in [3.63, 3.8) is 0 Å². The van der Waals surface area contributed by atoms with Gasteiger partial charge in [-0.25, -0.2) is 4.98 Å². The van der Waals surface area contributed by atoms with Crippen LogP contribution in [0.4, 0.5) is 0 Å². The summed E-state index contributed by atoms with van der Waals surface area (Å²) in [5.74, 6) is 2.73. The van der Waals surface area contributed by atoms with Crippen LogP contribution in [0.3, 0.4) is 0 Å². The number of oxazole rings is 1. The Labute approximate surface area is 192 Å². The van der Waals surface area contributed by atoms with E-state index in [2.05, 4.69) is 68.7 Å². The molecule has 0 spiro atoms. The van der Waals surface area contributed by atoms with Crippen LogP contribution in [0.5, 0.6) is 0 Å². The molecule has 1 atom stereocenters. The average Bonchev–Trinajstić information content (AvgIpc) is 3.26. The third-order valence-electron chi connectivity index (χ3n) is 6.65. The quantitative estimate of drug-likeness (QED) is 0.283. The number of aromatic nitrogens is 1. The van der Waals surface area contributed by atoms with Gasteiger partial charge in [-0.2, -0.15) is 0 Å². The van der Waals surface area contributed by atoms with Crippen molar-refractivity contribution in [1.82, 2.24) is 4.98 Å². The molecular weight excluding hydrogens is 396 g/mol. The van der Waals surface area contributed by atoms with Crippen molar-refractivity contribution in [1.29, 1.82) is 0 Å². The highest BCUT2D eigenvalue weighted by Crippen LogP contribution is 2.40. The summed E-state index contributed by atoms with van der Waals surface area (Å²) in [6, 6.07) is 21.1. The maximum Gasteiger partial charge on any atom is 0.202 e. The first-order valence-electron chi connectivity index (χ1n) is 12.0. The van der Waals surface area contributed by atoms with Crippen molar-refractivity contribution in [2.75, 3.05) is 27.2 Å². The van der Waals surface area contributed by atoms with Crippen LogP contribution >= 0.6 is 0 Å². The largest absolute Gasteiger partial charge is 0.439 e. The Morgan fingerprint density at radius 1 is 0.969 bits per heavy atom. The Kier molecular flexibility index (Phi) is 7.77. The molecule has 32 heavy (non-hydrogen) atoms. The van der Waals surface area contributed by atoms with Crippen LogP contribution in [-0.2, 0) is 17.9 Å². The molecule has 3 aromatic rings. The summed E-state index contributed by atoms with van der Waals surface area (Å²) in [5, 5.41) is 0. The van der Waals surface area contributed by atoms with Crippen LogP contribution in [0, 0.1) is 5.92 Å². The van der Waals surface area contributed by atoms with E-state index in [0.717, 1.165) is 35.8 Å². The van der Waals surface area contributed by atoms with E-state index in [9.17, 15) is 0 Å². The van der Waals surface area contributed by atoms with Gasteiger partial charge in [-0.3, -0.25) is 0 Å². The summed E-state index contributed by atoms with van der Waals surface area (Å²) in [7, 11) is 4.45. The van der Waals surface area contributed by atoms with Gasteiger partial charge in [-0.05, 0) is 29.9 Å². The molecule has 0 N–H and O–H groups in total. The Balaban J connectivity index is 1.37. The van der Waals surface area contributed by atoms with E-state index in [4.69, 9.17) is 14.1 Å². The Morgan fingerprint density at radius 2 is 1.66 bits per heavy atom. The summed E-state index contributed by atoms with van der Waals surface area (Å²) in [6.07, 6.45) is 8.45. The molecular formula is C28H37N2O2+. The molecule has 4 nitrogen and oxygen atoms in total. The van der Waals surface area contributed by atoms with Crippen molar-refractivity contribution < 1.29 is 13.6 Å². The summed E-state index contributed by atoms with van der Waals surface area (Å²) in [6.45, 7) is 3.12. The van der Waals surface area contributed by atoms with Crippen molar-refractivity contribution in [3.8, 4) is 0 Å². The number of rotatable bonds is 10. The van der Waals surface area contributed by atoms with Crippen LogP contribution in [-0.4, -0.2) is 36.7 Å². The van der Waals surface area contributed by atoms with Gasteiger partial charge in [-0.1, -0.05) is 79.9 Å². The van der Waals surface area contributed by atoms with Gasteiger partial charge in [0.15, 0.2) is 5.76 Å². The lowest BCUT2D eigenvalue weighted by Crippen LogP contribution is -2.41. The maximum atomic E-state index is 6.40. The number of benzene rings is 2. The summed E-state index contributed by atoms with van der Waals surface area (Å²) >= 11 is 0. The predicted molar refractivity (Wildman–Crippen MR) is 128 cm³/mol. The number of likely N-dealkylation sites (N-methyl/N-ethyl adjacent to an activating group) is 1. The number of hydrogen-bond acceptors (Lipinski definition) is 3. The molecule has 1 saturated carbocycles. The summed E-state index contributed by atoms with van der Waals surface area (Å²) < 4.78 is 13.1. The topological polar surface area (TPSA) is 35.3 Å². The zero-order valence-corrected chi connectivity index (χ0v) is 19.6. The first kappa shape index (κ1) is 22.8. The average molecular weight is 434 g/mol. The normalized spacial score (nSPS) is 16.2. The van der Waals surface area contributed by atoms with Gasteiger partial charge >= 0.3 is 0 Å². The minimum Gasteiger partial charge on any atom is -0.439 e. The van der Waals surface area contributed by atoms with Gasteiger partial charge < -0.3 is 13.6 Å². The second-order valence-electron chi connectivity index (χ2n) is 9.81. The van der Waals surface area contributed by atoms with Crippen molar-refractivity contribution in [2.24, 2.45) is 5.92 Å². The highest BCUT2D eigenvalue weighted by Gasteiger charge is 2.31. The SMILES string of the molecule is C[N+](C)(CCOCc1ccccc1)Cc1cnc(C(c2ccccc2)C2CCCCC2)o1. The Morgan fingerprint density at radius 3 is 2.38 bits per heavy atom. The molecule has 0 radical (unpaired) electrons. The van der Waals surface area contributed by atoms with E-state index in [0.29, 0.717) is 12.5 Å². The number of ether oxygens (including phenoxy) is 1. The van der Waals surface area contributed by atoms with E-state index >= 15 is 0 Å². The predicted octanol–water partition coefficient (Wildman–Crippen LogP) is 6.18. The highest BCUT2D eigenvalue weighted by atomic mass is 16.5. The van der Waals surface area contributed by atoms with Gasteiger partial charge in [0.05, 0.1) is 39.4 Å². The fourth-order valence-electron chi connectivity index (χ4n) is 4.86. The van der Waals surface area contributed by atoms with E-state index in [-0.39, 0.29) is 5.92 Å². The fourth-order valence-corrected chi connectivity index (χ4v) is 4.86.